The van der Waals surface area contributed by atoms with Gasteiger partial charge in [0.1, 0.15) is 5.75 Å². The summed E-state index contributed by atoms with van der Waals surface area (Å²) in [6.07, 6.45) is 5.37. The molecule has 0 unspecified atom stereocenters. The highest BCUT2D eigenvalue weighted by Crippen LogP contribution is 2.31. The van der Waals surface area contributed by atoms with E-state index in [1.54, 1.807) is 7.11 Å². The zero-order valence-electron chi connectivity index (χ0n) is 14.4. The first kappa shape index (κ1) is 17.5. The van der Waals surface area contributed by atoms with Crippen molar-refractivity contribution < 1.29 is 4.74 Å². The SMILES string of the molecule is CCC(CC)Cc1cc(C)c(/N=C/N(C)CC)cc1OC. The number of hydrogen-bond donors (Lipinski definition) is 0. The highest BCUT2D eigenvalue weighted by atomic mass is 16.5. The summed E-state index contributed by atoms with van der Waals surface area (Å²) in [7, 11) is 3.77. The fourth-order valence-corrected chi connectivity index (χ4v) is 2.36. The Labute approximate surface area is 130 Å². The number of nitrogens with zero attached hydrogens (tertiary/aromatic N) is 2. The quantitative estimate of drug-likeness (QED) is 0.516. The molecular formula is C18H30N2O. The summed E-state index contributed by atoms with van der Waals surface area (Å²) < 4.78 is 5.58. The van der Waals surface area contributed by atoms with Crippen molar-refractivity contribution in [2.45, 2.75) is 47.0 Å². The van der Waals surface area contributed by atoms with Gasteiger partial charge in [-0.2, -0.15) is 0 Å². The van der Waals surface area contributed by atoms with Crippen LogP contribution in [0.3, 0.4) is 0 Å². The van der Waals surface area contributed by atoms with Crippen LogP contribution in [0.15, 0.2) is 17.1 Å². The minimum atomic E-state index is 0.721. The van der Waals surface area contributed by atoms with Gasteiger partial charge in [-0.3, -0.25) is 0 Å². The second kappa shape index (κ2) is 8.71. The van der Waals surface area contributed by atoms with Crippen LogP contribution in [0.25, 0.3) is 0 Å². The van der Waals surface area contributed by atoms with E-state index in [1.807, 2.05) is 13.4 Å². The van der Waals surface area contributed by atoms with Gasteiger partial charge in [0, 0.05) is 19.7 Å². The minimum absolute atomic E-state index is 0.721. The highest BCUT2D eigenvalue weighted by molar-refractivity contribution is 5.64. The van der Waals surface area contributed by atoms with Gasteiger partial charge in [-0.1, -0.05) is 32.8 Å². The maximum atomic E-state index is 5.58. The van der Waals surface area contributed by atoms with E-state index in [1.165, 1.54) is 24.0 Å². The van der Waals surface area contributed by atoms with Crippen molar-refractivity contribution in [1.29, 1.82) is 0 Å². The van der Waals surface area contributed by atoms with Crippen molar-refractivity contribution in [2.75, 3.05) is 20.7 Å². The molecule has 0 aliphatic rings. The van der Waals surface area contributed by atoms with Crippen LogP contribution in [-0.2, 0) is 6.42 Å². The van der Waals surface area contributed by atoms with E-state index in [4.69, 9.17) is 4.74 Å². The van der Waals surface area contributed by atoms with Gasteiger partial charge in [-0.05, 0) is 37.3 Å². The molecule has 0 aliphatic carbocycles. The van der Waals surface area contributed by atoms with E-state index >= 15 is 0 Å². The molecule has 3 heteroatoms. The van der Waals surface area contributed by atoms with Crippen molar-refractivity contribution in [3.05, 3.63) is 23.3 Å². The summed E-state index contributed by atoms with van der Waals surface area (Å²) in [5, 5.41) is 0. The third kappa shape index (κ3) is 5.07. The van der Waals surface area contributed by atoms with Crippen molar-refractivity contribution in [1.82, 2.24) is 4.90 Å². The van der Waals surface area contributed by atoms with E-state index in [-0.39, 0.29) is 0 Å². The normalized spacial score (nSPS) is 11.4. The average Bonchev–Trinajstić information content (AvgIpc) is 2.51. The number of ether oxygens (including phenoxy) is 1. The molecule has 0 saturated carbocycles. The molecule has 0 spiro atoms. The topological polar surface area (TPSA) is 24.8 Å². The molecule has 1 aromatic rings. The van der Waals surface area contributed by atoms with Crippen LogP contribution < -0.4 is 4.74 Å². The molecule has 0 saturated heterocycles. The molecular weight excluding hydrogens is 260 g/mol. The molecule has 0 atom stereocenters. The lowest BCUT2D eigenvalue weighted by Crippen LogP contribution is -2.14. The first-order valence-electron chi connectivity index (χ1n) is 7.97. The maximum Gasteiger partial charge on any atom is 0.124 e. The van der Waals surface area contributed by atoms with E-state index in [0.717, 1.165) is 30.3 Å². The van der Waals surface area contributed by atoms with E-state index in [9.17, 15) is 0 Å². The highest BCUT2D eigenvalue weighted by Gasteiger charge is 2.12. The molecule has 0 fully saturated rings. The standard InChI is InChI=1S/C18H30N2O/c1-7-15(8-2)11-16-10-14(4)17(12-18(16)21-6)19-13-20(5)9-3/h10,12-13,15H,7-9,11H2,1-6H3/b19-13+. The van der Waals surface area contributed by atoms with Crippen molar-refractivity contribution >= 4 is 12.0 Å². The smallest absolute Gasteiger partial charge is 0.124 e. The number of benzene rings is 1. The Morgan fingerprint density at radius 1 is 1.24 bits per heavy atom. The molecule has 0 heterocycles. The Morgan fingerprint density at radius 3 is 2.43 bits per heavy atom. The van der Waals surface area contributed by atoms with Crippen LogP contribution in [0.4, 0.5) is 5.69 Å². The van der Waals surface area contributed by atoms with Gasteiger partial charge in [0.2, 0.25) is 0 Å². The minimum Gasteiger partial charge on any atom is -0.496 e. The van der Waals surface area contributed by atoms with Crippen LogP contribution in [0.5, 0.6) is 5.75 Å². The summed E-state index contributed by atoms with van der Waals surface area (Å²) in [5.41, 5.74) is 3.49. The second-order valence-electron chi connectivity index (χ2n) is 5.65. The van der Waals surface area contributed by atoms with Crippen LogP contribution in [0.2, 0.25) is 0 Å². The lowest BCUT2D eigenvalue weighted by atomic mass is 9.93. The van der Waals surface area contributed by atoms with Gasteiger partial charge in [0.25, 0.3) is 0 Å². The maximum absolute atomic E-state index is 5.58. The Morgan fingerprint density at radius 2 is 1.90 bits per heavy atom. The Bertz CT molecular complexity index is 465. The fraction of sp³-hybridized carbons (Fsp3) is 0.611. The summed E-state index contributed by atoms with van der Waals surface area (Å²) in [5.74, 6) is 1.68. The number of aliphatic imine (C=N–C) groups is 1. The largest absolute Gasteiger partial charge is 0.496 e. The van der Waals surface area contributed by atoms with Gasteiger partial charge < -0.3 is 9.64 Å². The number of methoxy groups -OCH3 is 1. The van der Waals surface area contributed by atoms with Crippen LogP contribution in [-0.4, -0.2) is 31.9 Å². The van der Waals surface area contributed by atoms with Gasteiger partial charge in [-0.25, -0.2) is 4.99 Å². The lowest BCUT2D eigenvalue weighted by molar-refractivity contribution is 0.401. The Kier molecular flexibility index (Phi) is 7.27. The van der Waals surface area contributed by atoms with Gasteiger partial charge in [0.15, 0.2) is 0 Å². The van der Waals surface area contributed by atoms with Gasteiger partial charge >= 0.3 is 0 Å². The van der Waals surface area contributed by atoms with Crippen molar-refractivity contribution in [2.24, 2.45) is 10.9 Å². The van der Waals surface area contributed by atoms with Crippen LogP contribution in [0, 0.1) is 12.8 Å². The summed E-state index contributed by atoms with van der Waals surface area (Å²) in [4.78, 5) is 6.63. The third-order valence-electron chi connectivity index (χ3n) is 4.16. The molecule has 0 bridgehead atoms. The number of hydrogen-bond acceptors (Lipinski definition) is 2. The molecule has 0 aromatic heterocycles. The van der Waals surface area contributed by atoms with Crippen molar-refractivity contribution in [3.8, 4) is 5.75 Å². The molecule has 118 valence electrons. The zero-order valence-corrected chi connectivity index (χ0v) is 14.4. The molecule has 0 aliphatic heterocycles. The average molecular weight is 290 g/mol. The third-order valence-corrected chi connectivity index (χ3v) is 4.16. The molecule has 3 nitrogen and oxygen atoms in total. The first-order valence-corrected chi connectivity index (χ1v) is 7.97. The van der Waals surface area contributed by atoms with E-state index in [0.29, 0.717) is 0 Å². The Hall–Kier alpha value is -1.51. The monoisotopic (exact) mass is 290 g/mol. The fourth-order valence-electron chi connectivity index (χ4n) is 2.36. The molecule has 0 amide bonds. The molecule has 1 aromatic carbocycles. The molecule has 0 N–H and O–H groups in total. The van der Waals surface area contributed by atoms with Gasteiger partial charge in [0.05, 0.1) is 19.1 Å². The molecule has 1 rings (SSSR count). The van der Waals surface area contributed by atoms with Crippen LogP contribution >= 0.6 is 0 Å². The van der Waals surface area contributed by atoms with Crippen LogP contribution in [0.1, 0.15) is 44.7 Å². The summed E-state index contributed by atoms with van der Waals surface area (Å²) in [6, 6.07) is 4.29. The predicted octanol–water partition coefficient (Wildman–Crippen LogP) is 4.59. The summed E-state index contributed by atoms with van der Waals surface area (Å²) in [6.45, 7) is 9.69. The second-order valence-corrected chi connectivity index (χ2v) is 5.65. The van der Waals surface area contributed by atoms with E-state index in [2.05, 4.69) is 49.7 Å². The molecule has 0 radical (unpaired) electrons. The Balaban J connectivity index is 3.04. The lowest BCUT2D eigenvalue weighted by Gasteiger charge is -2.17. The number of rotatable bonds is 8. The molecule has 21 heavy (non-hydrogen) atoms. The van der Waals surface area contributed by atoms with Crippen molar-refractivity contribution in [3.63, 3.8) is 0 Å². The summed E-state index contributed by atoms with van der Waals surface area (Å²) >= 11 is 0. The van der Waals surface area contributed by atoms with E-state index < -0.39 is 0 Å². The zero-order chi connectivity index (χ0) is 15.8. The van der Waals surface area contributed by atoms with Gasteiger partial charge in [-0.15, -0.1) is 0 Å². The first-order chi connectivity index (χ1) is 10.0. The number of aryl methyl sites for hydroxylation is 1. The predicted molar refractivity (Wildman–Crippen MR) is 92.0 cm³/mol.